The third kappa shape index (κ3) is 5.25. The number of carbonyl (C=O) groups excluding carboxylic acids is 2. The SMILES string of the molecule is CC[C@@H](C(=O)OCC(=O)NCc1ccccc1)c1ccccc1. The number of rotatable bonds is 7. The maximum Gasteiger partial charge on any atom is 0.313 e. The molecule has 1 atom stereocenters. The number of ether oxygens (including phenoxy) is 1. The Balaban J connectivity index is 1.80. The van der Waals surface area contributed by atoms with E-state index >= 15 is 0 Å². The highest BCUT2D eigenvalue weighted by Crippen LogP contribution is 2.20. The molecule has 0 bridgehead atoms. The van der Waals surface area contributed by atoms with Crippen molar-refractivity contribution in [1.82, 2.24) is 5.32 Å². The Morgan fingerprint density at radius 2 is 1.61 bits per heavy atom. The first kappa shape index (κ1) is 16.7. The molecule has 0 aliphatic carbocycles. The zero-order valence-electron chi connectivity index (χ0n) is 13.2. The maximum absolute atomic E-state index is 12.2. The third-order valence-corrected chi connectivity index (χ3v) is 3.57. The molecule has 0 saturated heterocycles. The fourth-order valence-electron chi connectivity index (χ4n) is 2.31. The average molecular weight is 311 g/mol. The van der Waals surface area contributed by atoms with Crippen LogP contribution in [0.15, 0.2) is 60.7 Å². The van der Waals surface area contributed by atoms with E-state index in [9.17, 15) is 9.59 Å². The molecule has 0 fully saturated rings. The summed E-state index contributed by atoms with van der Waals surface area (Å²) in [5, 5.41) is 2.73. The molecule has 0 aromatic heterocycles. The highest BCUT2D eigenvalue weighted by atomic mass is 16.5. The van der Waals surface area contributed by atoms with Gasteiger partial charge in [0, 0.05) is 6.54 Å². The lowest BCUT2D eigenvalue weighted by atomic mass is 9.97. The van der Waals surface area contributed by atoms with Crippen molar-refractivity contribution in [2.45, 2.75) is 25.8 Å². The van der Waals surface area contributed by atoms with Gasteiger partial charge < -0.3 is 10.1 Å². The van der Waals surface area contributed by atoms with Gasteiger partial charge in [-0.3, -0.25) is 9.59 Å². The second-order valence-electron chi connectivity index (χ2n) is 5.24. The summed E-state index contributed by atoms with van der Waals surface area (Å²) in [6.07, 6.45) is 0.633. The molecule has 4 heteroatoms. The van der Waals surface area contributed by atoms with Crippen LogP contribution in [-0.4, -0.2) is 18.5 Å². The molecule has 4 nitrogen and oxygen atoms in total. The molecule has 1 N–H and O–H groups in total. The molecule has 2 aromatic rings. The van der Waals surface area contributed by atoms with Gasteiger partial charge >= 0.3 is 5.97 Å². The predicted molar refractivity (Wildman–Crippen MR) is 88.7 cm³/mol. The number of esters is 1. The molecule has 0 unspecified atom stereocenters. The third-order valence-electron chi connectivity index (χ3n) is 3.57. The van der Waals surface area contributed by atoms with Crippen molar-refractivity contribution >= 4 is 11.9 Å². The molecule has 0 aliphatic rings. The molecule has 0 radical (unpaired) electrons. The molecule has 120 valence electrons. The number of amides is 1. The van der Waals surface area contributed by atoms with E-state index < -0.39 is 0 Å². The van der Waals surface area contributed by atoms with Crippen molar-refractivity contribution in [3.8, 4) is 0 Å². The van der Waals surface area contributed by atoms with E-state index in [2.05, 4.69) is 5.32 Å². The molecule has 0 saturated carbocycles. The standard InChI is InChI=1S/C19H21NO3/c1-2-17(16-11-7-4-8-12-16)19(22)23-14-18(21)20-13-15-9-5-3-6-10-15/h3-12,17H,2,13-14H2,1H3,(H,20,21)/t17-/m1/s1. The van der Waals surface area contributed by atoms with E-state index in [-0.39, 0.29) is 24.4 Å². The van der Waals surface area contributed by atoms with Crippen LogP contribution in [0.5, 0.6) is 0 Å². The van der Waals surface area contributed by atoms with E-state index in [1.807, 2.05) is 67.6 Å². The van der Waals surface area contributed by atoms with Gasteiger partial charge in [0.1, 0.15) is 0 Å². The Hall–Kier alpha value is -2.62. The summed E-state index contributed by atoms with van der Waals surface area (Å²) in [5.74, 6) is -1.00. The second-order valence-corrected chi connectivity index (χ2v) is 5.24. The van der Waals surface area contributed by atoms with Gasteiger partial charge in [-0.1, -0.05) is 67.6 Å². The molecule has 0 spiro atoms. The van der Waals surface area contributed by atoms with E-state index in [1.165, 1.54) is 0 Å². The highest BCUT2D eigenvalue weighted by molar-refractivity contribution is 5.83. The predicted octanol–water partition coefficient (Wildman–Crippen LogP) is 3.04. The Bertz CT molecular complexity index is 626. The molecular weight excluding hydrogens is 290 g/mol. The van der Waals surface area contributed by atoms with Gasteiger partial charge in [0.25, 0.3) is 5.91 Å². The smallest absolute Gasteiger partial charge is 0.313 e. The normalized spacial score (nSPS) is 11.5. The Morgan fingerprint density at radius 1 is 1.00 bits per heavy atom. The van der Waals surface area contributed by atoms with Crippen LogP contribution in [0.4, 0.5) is 0 Å². The van der Waals surface area contributed by atoms with Crippen LogP contribution in [-0.2, 0) is 20.9 Å². The zero-order valence-corrected chi connectivity index (χ0v) is 13.2. The summed E-state index contributed by atoms with van der Waals surface area (Å²) in [7, 11) is 0. The first-order chi connectivity index (χ1) is 11.2. The minimum atomic E-state index is -0.367. The Morgan fingerprint density at radius 3 is 2.22 bits per heavy atom. The van der Waals surface area contributed by atoms with Gasteiger partial charge in [0.05, 0.1) is 5.92 Å². The van der Waals surface area contributed by atoms with Gasteiger partial charge in [-0.05, 0) is 17.5 Å². The second kappa shape index (κ2) is 8.73. The molecule has 0 heterocycles. The molecule has 2 rings (SSSR count). The van der Waals surface area contributed by atoms with Gasteiger partial charge in [-0.25, -0.2) is 0 Å². The summed E-state index contributed by atoms with van der Waals surface area (Å²) in [5.41, 5.74) is 1.91. The van der Waals surface area contributed by atoms with Gasteiger partial charge in [0.2, 0.25) is 0 Å². The van der Waals surface area contributed by atoms with Crippen LogP contribution in [0.1, 0.15) is 30.4 Å². The quantitative estimate of drug-likeness (QED) is 0.800. The van der Waals surface area contributed by atoms with Crippen LogP contribution >= 0.6 is 0 Å². The van der Waals surface area contributed by atoms with Crippen molar-refractivity contribution in [2.24, 2.45) is 0 Å². The minimum absolute atomic E-state index is 0.255. The lowest BCUT2D eigenvalue weighted by Gasteiger charge is -2.14. The number of nitrogens with one attached hydrogen (secondary N) is 1. The first-order valence-corrected chi connectivity index (χ1v) is 7.73. The van der Waals surface area contributed by atoms with Crippen molar-refractivity contribution in [3.05, 3.63) is 71.8 Å². The van der Waals surface area contributed by atoms with E-state index in [4.69, 9.17) is 4.74 Å². The summed E-state index contributed by atoms with van der Waals surface area (Å²) in [6.45, 7) is 2.09. The maximum atomic E-state index is 12.2. The fraction of sp³-hybridized carbons (Fsp3) is 0.263. The van der Waals surface area contributed by atoms with E-state index in [1.54, 1.807) is 0 Å². The zero-order chi connectivity index (χ0) is 16.5. The fourth-order valence-corrected chi connectivity index (χ4v) is 2.31. The number of hydrogen-bond donors (Lipinski definition) is 1. The van der Waals surface area contributed by atoms with Crippen molar-refractivity contribution in [3.63, 3.8) is 0 Å². The molecule has 23 heavy (non-hydrogen) atoms. The van der Waals surface area contributed by atoms with Gasteiger partial charge in [-0.2, -0.15) is 0 Å². The highest BCUT2D eigenvalue weighted by Gasteiger charge is 2.20. The summed E-state index contributed by atoms with van der Waals surface area (Å²) in [6, 6.07) is 19.1. The van der Waals surface area contributed by atoms with Crippen LogP contribution in [0.3, 0.4) is 0 Å². The van der Waals surface area contributed by atoms with Crippen LogP contribution in [0.2, 0.25) is 0 Å². The molecule has 0 aliphatic heterocycles. The molecular formula is C19H21NO3. The van der Waals surface area contributed by atoms with E-state index in [0.29, 0.717) is 13.0 Å². The first-order valence-electron chi connectivity index (χ1n) is 7.73. The van der Waals surface area contributed by atoms with Crippen molar-refractivity contribution in [2.75, 3.05) is 6.61 Å². The lowest BCUT2D eigenvalue weighted by molar-refractivity contribution is -0.150. The Kier molecular flexibility index (Phi) is 6.36. The van der Waals surface area contributed by atoms with Crippen LogP contribution in [0, 0.1) is 0 Å². The van der Waals surface area contributed by atoms with Gasteiger partial charge in [0.15, 0.2) is 6.61 Å². The average Bonchev–Trinajstić information content (AvgIpc) is 2.60. The number of carbonyl (C=O) groups is 2. The lowest BCUT2D eigenvalue weighted by Crippen LogP contribution is -2.29. The van der Waals surface area contributed by atoms with Crippen molar-refractivity contribution < 1.29 is 14.3 Å². The van der Waals surface area contributed by atoms with Gasteiger partial charge in [-0.15, -0.1) is 0 Å². The topological polar surface area (TPSA) is 55.4 Å². The summed E-state index contributed by atoms with van der Waals surface area (Å²) in [4.78, 5) is 23.9. The van der Waals surface area contributed by atoms with Crippen molar-refractivity contribution in [1.29, 1.82) is 0 Å². The summed E-state index contributed by atoms with van der Waals surface area (Å²) >= 11 is 0. The summed E-state index contributed by atoms with van der Waals surface area (Å²) < 4.78 is 5.15. The Labute approximate surface area is 136 Å². The largest absolute Gasteiger partial charge is 0.455 e. The molecule has 2 aromatic carbocycles. The van der Waals surface area contributed by atoms with E-state index in [0.717, 1.165) is 11.1 Å². The van der Waals surface area contributed by atoms with Crippen LogP contribution in [0.25, 0.3) is 0 Å². The number of benzene rings is 2. The monoisotopic (exact) mass is 311 g/mol. The molecule has 1 amide bonds. The van der Waals surface area contributed by atoms with Crippen LogP contribution < -0.4 is 5.32 Å². The minimum Gasteiger partial charge on any atom is -0.455 e. The number of hydrogen-bond acceptors (Lipinski definition) is 3.